The lowest BCUT2D eigenvalue weighted by atomic mass is 10.1. The van der Waals surface area contributed by atoms with E-state index in [9.17, 15) is 9.90 Å². The van der Waals surface area contributed by atoms with E-state index in [0.717, 1.165) is 0 Å². The lowest BCUT2D eigenvalue weighted by Gasteiger charge is -2.26. The third-order valence-electron chi connectivity index (χ3n) is 2.40. The van der Waals surface area contributed by atoms with Gasteiger partial charge in [0.2, 0.25) is 0 Å². The van der Waals surface area contributed by atoms with Gasteiger partial charge >= 0.3 is 0 Å². The van der Waals surface area contributed by atoms with Crippen LogP contribution in [0.15, 0.2) is 22.7 Å². The fraction of sp³-hybridized carbons (Fsp3) is 0.417. The van der Waals surface area contributed by atoms with Crippen LogP contribution in [0.2, 0.25) is 0 Å². The summed E-state index contributed by atoms with van der Waals surface area (Å²) in [5, 5.41) is 9.56. The van der Waals surface area contributed by atoms with E-state index in [-0.39, 0.29) is 17.7 Å². The molecule has 0 heterocycles. The molecule has 0 aromatic heterocycles. The van der Waals surface area contributed by atoms with E-state index in [2.05, 4.69) is 15.9 Å². The third-order valence-corrected chi connectivity index (χ3v) is 3.24. The predicted molar refractivity (Wildman–Crippen MR) is 72.7 cm³/mol. The Kier molecular flexibility index (Phi) is 5.28. The Bertz CT molecular complexity index is 409. The number of carbonyl (C=O) groups is 1. The molecule has 0 aliphatic carbocycles. The van der Waals surface area contributed by atoms with Gasteiger partial charge in [0.1, 0.15) is 5.75 Å². The third kappa shape index (κ3) is 3.61. The molecule has 1 N–H and O–H groups in total. The number of aromatic hydroxyl groups is 1. The van der Waals surface area contributed by atoms with Crippen LogP contribution in [-0.2, 0) is 0 Å². The molecule has 0 atom stereocenters. The molecule has 0 saturated carbocycles. The van der Waals surface area contributed by atoms with Gasteiger partial charge in [0, 0.05) is 24.0 Å². The number of nitrogens with zero attached hydrogens (tertiary/aromatic N) is 1. The van der Waals surface area contributed by atoms with Crippen molar-refractivity contribution in [3.8, 4) is 5.75 Å². The molecule has 1 rings (SSSR count). The van der Waals surface area contributed by atoms with Crippen LogP contribution in [0, 0.1) is 0 Å². The minimum atomic E-state index is -0.122. The molecule has 0 radical (unpaired) electrons. The van der Waals surface area contributed by atoms with Crippen molar-refractivity contribution in [3.63, 3.8) is 0 Å². The number of hydrogen-bond donors (Lipinski definition) is 1. The zero-order chi connectivity index (χ0) is 13.0. The molecule has 0 bridgehead atoms. The van der Waals surface area contributed by atoms with Crippen molar-refractivity contribution in [1.29, 1.82) is 0 Å². The highest BCUT2D eigenvalue weighted by atomic mass is 79.9. The normalized spacial score (nSPS) is 10.6. The molecule has 1 aromatic carbocycles. The minimum Gasteiger partial charge on any atom is -0.507 e. The first-order valence-corrected chi connectivity index (χ1v) is 6.65. The average molecular weight is 321 g/mol. The molecule has 0 unspecified atom stereocenters. The number of alkyl halides is 1. The number of phenols is 1. The van der Waals surface area contributed by atoms with Crippen LogP contribution in [0.5, 0.6) is 5.75 Å². The van der Waals surface area contributed by atoms with Crippen LogP contribution in [0.1, 0.15) is 24.2 Å². The molecule has 0 saturated heterocycles. The van der Waals surface area contributed by atoms with E-state index in [1.54, 1.807) is 17.0 Å². The highest BCUT2D eigenvalue weighted by molar-refractivity contribution is 9.10. The van der Waals surface area contributed by atoms with Gasteiger partial charge in [-0.3, -0.25) is 4.79 Å². The maximum Gasteiger partial charge on any atom is 0.254 e. The summed E-state index contributed by atoms with van der Waals surface area (Å²) in [6.45, 7) is 4.36. The molecule has 3 nitrogen and oxygen atoms in total. The topological polar surface area (TPSA) is 40.5 Å². The molecular weight excluding hydrogens is 305 g/mol. The van der Waals surface area contributed by atoms with Gasteiger partial charge in [0.15, 0.2) is 0 Å². The molecular formula is C12H15BrClNO2. The summed E-state index contributed by atoms with van der Waals surface area (Å²) in [5.74, 6) is 0.334. The van der Waals surface area contributed by atoms with Gasteiger partial charge in [0.05, 0.1) is 4.47 Å². The van der Waals surface area contributed by atoms with Gasteiger partial charge in [-0.1, -0.05) is 0 Å². The van der Waals surface area contributed by atoms with E-state index >= 15 is 0 Å². The van der Waals surface area contributed by atoms with Crippen molar-refractivity contribution in [2.45, 2.75) is 19.9 Å². The largest absolute Gasteiger partial charge is 0.507 e. The molecule has 5 heteroatoms. The molecule has 94 valence electrons. The quantitative estimate of drug-likeness (QED) is 0.865. The standard InChI is InChI=1S/C12H15BrClNO2/c1-8(2)15(6-5-14)12(17)9-3-4-10(13)11(16)7-9/h3-4,7-8,16H,5-6H2,1-2H3. The Hall–Kier alpha value is -0.740. The van der Waals surface area contributed by atoms with Crippen molar-refractivity contribution in [1.82, 2.24) is 4.90 Å². The highest BCUT2D eigenvalue weighted by Gasteiger charge is 2.18. The Labute approximate surface area is 115 Å². The summed E-state index contributed by atoms with van der Waals surface area (Å²) >= 11 is 8.86. The van der Waals surface area contributed by atoms with Crippen LogP contribution in [0.25, 0.3) is 0 Å². The molecule has 17 heavy (non-hydrogen) atoms. The van der Waals surface area contributed by atoms with Crippen LogP contribution in [-0.4, -0.2) is 34.4 Å². The van der Waals surface area contributed by atoms with Crippen LogP contribution in [0.4, 0.5) is 0 Å². The lowest BCUT2D eigenvalue weighted by Crippen LogP contribution is -2.38. The van der Waals surface area contributed by atoms with E-state index in [0.29, 0.717) is 22.5 Å². The van der Waals surface area contributed by atoms with E-state index < -0.39 is 0 Å². The van der Waals surface area contributed by atoms with Crippen molar-refractivity contribution >= 4 is 33.4 Å². The fourth-order valence-electron chi connectivity index (χ4n) is 1.50. The summed E-state index contributed by atoms with van der Waals surface area (Å²) in [6, 6.07) is 4.86. The van der Waals surface area contributed by atoms with Crippen molar-refractivity contribution in [3.05, 3.63) is 28.2 Å². The second kappa shape index (κ2) is 6.26. The first-order valence-electron chi connectivity index (χ1n) is 5.32. The smallest absolute Gasteiger partial charge is 0.254 e. The molecule has 1 aromatic rings. The molecule has 0 aliphatic heterocycles. The van der Waals surface area contributed by atoms with Gasteiger partial charge in [-0.15, -0.1) is 11.6 Å². The molecule has 1 amide bonds. The molecule has 0 spiro atoms. The summed E-state index contributed by atoms with van der Waals surface area (Å²) in [7, 11) is 0. The highest BCUT2D eigenvalue weighted by Crippen LogP contribution is 2.25. The van der Waals surface area contributed by atoms with Gasteiger partial charge in [-0.25, -0.2) is 0 Å². The summed E-state index contributed by atoms with van der Waals surface area (Å²) in [5.41, 5.74) is 0.463. The fourth-order valence-corrected chi connectivity index (χ4v) is 1.93. The lowest BCUT2D eigenvalue weighted by molar-refractivity contribution is 0.0718. The number of rotatable bonds is 4. The maximum absolute atomic E-state index is 12.2. The number of carbonyl (C=O) groups excluding carboxylic acids is 1. The summed E-state index contributed by atoms with van der Waals surface area (Å²) in [6.07, 6.45) is 0. The van der Waals surface area contributed by atoms with E-state index in [4.69, 9.17) is 11.6 Å². The zero-order valence-corrected chi connectivity index (χ0v) is 12.1. The monoisotopic (exact) mass is 319 g/mol. The first kappa shape index (κ1) is 14.3. The SMILES string of the molecule is CC(C)N(CCCl)C(=O)c1ccc(Br)c(O)c1. The van der Waals surface area contributed by atoms with Crippen LogP contribution < -0.4 is 0 Å². The number of phenolic OH excluding ortho intramolecular Hbond substituents is 1. The Morgan fingerprint density at radius 3 is 2.65 bits per heavy atom. The number of halogens is 2. The van der Waals surface area contributed by atoms with Crippen LogP contribution >= 0.6 is 27.5 Å². The van der Waals surface area contributed by atoms with Crippen molar-refractivity contribution < 1.29 is 9.90 Å². The number of hydrogen-bond acceptors (Lipinski definition) is 2. The second-order valence-electron chi connectivity index (χ2n) is 3.95. The minimum absolute atomic E-state index is 0.0606. The first-order chi connectivity index (χ1) is 7.97. The Balaban J connectivity index is 2.97. The zero-order valence-electron chi connectivity index (χ0n) is 9.78. The average Bonchev–Trinajstić information content (AvgIpc) is 2.28. The number of amides is 1. The Morgan fingerprint density at radius 1 is 1.53 bits per heavy atom. The van der Waals surface area contributed by atoms with Crippen molar-refractivity contribution in [2.75, 3.05) is 12.4 Å². The van der Waals surface area contributed by atoms with Crippen molar-refractivity contribution in [2.24, 2.45) is 0 Å². The summed E-state index contributed by atoms with van der Waals surface area (Å²) < 4.78 is 0.572. The van der Waals surface area contributed by atoms with Gasteiger partial charge in [-0.2, -0.15) is 0 Å². The predicted octanol–water partition coefficient (Wildman–Crippen LogP) is 3.24. The number of benzene rings is 1. The summed E-state index contributed by atoms with van der Waals surface area (Å²) in [4.78, 5) is 13.9. The Morgan fingerprint density at radius 2 is 2.18 bits per heavy atom. The molecule has 0 fully saturated rings. The second-order valence-corrected chi connectivity index (χ2v) is 5.18. The van der Waals surface area contributed by atoms with E-state index in [1.807, 2.05) is 13.8 Å². The van der Waals surface area contributed by atoms with Crippen LogP contribution in [0.3, 0.4) is 0 Å². The van der Waals surface area contributed by atoms with Gasteiger partial charge in [0.25, 0.3) is 5.91 Å². The van der Waals surface area contributed by atoms with Gasteiger partial charge in [-0.05, 0) is 48.0 Å². The maximum atomic E-state index is 12.2. The molecule has 0 aliphatic rings. The van der Waals surface area contributed by atoms with Gasteiger partial charge < -0.3 is 10.0 Å². The van der Waals surface area contributed by atoms with E-state index in [1.165, 1.54) is 6.07 Å².